The molecule has 0 spiro atoms. The van der Waals surface area contributed by atoms with Crippen molar-refractivity contribution in [2.45, 2.75) is 45.4 Å². The van der Waals surface area contributed by atoms with Gasteiger partial charge in [0.1, 0.15) is 0 Å². The average molecular weight is 341 g/mol. The SMILES string of the molecule is CC(C)CN(Cc1ccccc1)C[C@@H](O)[C@@H](N)CCc1ccccc1. The van der Waals surface area contributed by atoms with Gasteiger partial charge in [0.15, 0.2) is 0 Å². The summed E-state index contributed by atoms with van der Waals surface area (Å²) in [5, 5.41) is 10.6. The van der Waals surface area contributed by atoms with Gasteiger partial charge in [-0.05, 0) is 29.9 Å². The van der Waals surface area contributed by atoms with Crippen molar-refractivity contribution in [1.29, 1.82) is 0 Å². The molecule has 0 radical (unpaired) electrons. The molecule has 0 heterocycles. The first kappa shape index (κ1) is 19.6. The second-order valence-electron chi connectivity index (χ2n) is 7.33. The number of benzene rings is 2. The summed E-state index contributed by atoms with van der Waals surface area (Å²) in [6, 6.07) is 20.5. The number of hydrogen-bond donors (Lipinski definition) is 2. The Morgan fingerprint density at radius 1 is 0.880 bits per heavy atom. The Bertz CT molecular complexity index is 585. The minimum Gasteiger partial charge on any atom is -0.390 e. The largest absolute Gasteiger partial charge is 0.390 e. The van der Waals surface area contributed by atoms with Crippen LogP contribution < -0.4 is 5.73 Å². The number of rotatable bonds is 10. The predicted molar refractivity (Wildman–Crippen MR) is 105 cm³/mol. The van der Waals surface area contributed by atoms with E-state index in [-0.39, 0.29) is 6.04 Å². The van der Waals surface area contributed by atoms with Crippen LogP contribution in [0.2, 0.25) is 0 Å². The van der Waals surface area contributed by atoms with E-state index in [1.165, 1.54) is 11.1 Å². The number of nitrogens with two attached hydrogens (primary N) is 1. The zero-order valence-electron chi connectivity index (χ0n) is 15.5. The number of aliphatic hydroxyl groups excluding tert-OH is 1. The molecule has 3 heteroatoms. The summed E-state index contributed by atoms with van der Waals surface area (Å²) in [6.07, 6.45) is 1.19. The fourth-order valence-corrected chi connectivity index (χ4v) is 3.13. The van der Waals surface area contributed by atoms with E-state index in [2.05, 4.69) is 55.1 Å². The van der Waals surface area contributed by atoms with E-state index in [9.17, 15) is 5.11 Å². The fourth-order valence-electron chi connectivity index (χ4n) is 3.13. The standard InChI is InChI=1S/C22H32N2O/c1-18(2)15-24(16-20-11-7-4-8-12-20)17-22(25)21(23)14-13-19-9-5-3-6-10-19/h3-12,18,21-22,25H,13-17,23H2,1-2H3/t21-,22+/m0/s1. The first-order valence-electron chi connectivity index (χ1n) is 9.28. The van der Waals surface area contributed by atoms with E-state index >= 15 is 0 Å². The quantitative estimate of drug-likeness (QED) is 0.696. The lowest BCUT2D eigenvalue weighted by molar-refractivity contribution is 0.0796. The van der Waals surface area contributed by atoms with E-state index < -0.39 is 6.10 Å². The highest BCUT2D eigenvalue weighted by atomic mass is 16.3. The van der Waals surface area contributed by atoms with Gasteiger partial charge in [0.25, 0.3) is 0 Å². The van der Waals surface area contributed by atoms with Crippen LogP contribution in [0.3, 0.4) is 0 Å². The molecule has 0 amide bonds. The van der Waals surface area contributed by atoms with E-state index in [0.29, 0.717) is 12.5 Å². The maximum Gasteiger partial charge on any atom is 0.0817 e. The molecule has 2 atom stereocenters. The number of aliphatic hydroxyl groups is 1. The molecular formula is C22H32N2O. The van der Waals surface area contributed by atoms with Crippen LogP contribution in [0.15, 0.2) is 60.7 Å². The molecule has 3 nitrogen and oxygen atoms in total. The fraction of sp³-hybridized carbons (Fsp3) is 0.455. The molecule has 0 saturated carbocycles. The zero-order valence-corrected chi connectivity index (χ0v) is 15.5. The van der Waals surface area contributed by atoms with Gasteiger partial charge < -0.3 is 10.8 Å². The topological polar surface area (TPSA) is 49.5 Å². The average Bonchev–Trinajstić information content (AvgIpc) is 2.60. The molecule has 3 N–H and O–H groups in total. The Morgan fingerprint density at radius 3 is 2.00 bits per heavy atom. The molecule has 25 heavy (non-hydrogen) atoms. The van der Waals surface area contributed by atoms with Gasteiger partial charge >= 0.3 is 0 Å². The number of aryl methyl sites for hydroxylation is 1. The van der Waals surface area contributed by atoms with Gasteiger partial charge in [-0.1, -0.05) is 74.5 Å². The molecule has 0 aromatic heterocycles. The highest BCUT2D eigenvalue weighted by Crippen LogP contribution is 2.11. The van der Waals surface area contributed by atoms with Crippen LogP contribution in [0, 0.1) is 5.92 Å². The van der Waals surface area contributed by atoms with Crippen molar-refractivity contribution in [2.75, 3.05) is 13.1 Å². The van der Waals surface area contributed by atoms with Gasteiger partial charge in [-0.15, -0.1) is 0 Å². The second-order valence-corrected chi connectivity index (χ2v) is 7.33. The molecular weight excluding hydrogens is 308 g/mol. The van der Waals surface area contributed by atoms with E-state index in [4.69, 9.17) is 5.73 Å². The molecule has 0 aliphatic carbocycles. The lowest BCUT2D eigenvalue weighted by Gasteiger charge is -2.29. The van der Waals surface area contributed by atoms with Gasteiger partial charge in [0.2, 0.25) is 0 Å². The second kappa shape index (κ2) is 10.3. The van der Waals surface area contributed by atoms with Gasteiger partial charge in [0.05, 0.1) is 6.10 Å². The van der Waals surface area contributed by atoms with Crippen LogP contribution in [0.25, 0.3) is 0 Å². The third kappa shape index (κ3) is 7.39. The lowest BCUT2D eigenvalue weighted by atomic mass is 10.0. The van der Waals surface area contributed by atoms with E-state index in [1.54, 1.807) is 0 Å². The summed E-state index contributed by atoms with van der Waals surface area (Å²) in [6.45, 7) is 6.83. The maximum atomic E-state index is 10.6. The molecule has 2 aromatic carbocycles. The van der Waals surface area contributed by atoms with E-state index in [1.807, 2.05) is 24.3 Å². The highest BCUT2D eigenvalue weighted by Gasteiger charge is 2.19. The minimum absolute atomic E-state index is 0.203. The molecule has 0 saturated heterocycles. The molecule has 136 valence electrons. The van der Waals surface area contributed by atoms with Gasteiger partial charge in [-0.25, -0.2) is 0 Å². The van der Waals surface area contributed by atoms with Crippen LogP contribution in [0.5, 0.6) is 0 Å². The number of nitrogens with zero attached hydrogens (tertiary/aromatic N) is 1. The molecule has 2 rings (SSSR count). The van der Waals surface area contributed by atoms with Crippen molar-refractivity contribution >= 4 is 0 Å². The first-order valence-corrected chi connectivity index (χ1v) is 9.28. The van der Waals surface area contributed by atoms with Crippen molar-refractivity contribution in [3.8, 4) is 0 Å². The summed E-state index contributed by atoms with van der Waals surface area (Å²) in [7, 11) is 0. The molecule has 0 bridgehead atoms. The van der Waals surface area contributed by atoms with Crippen molar-refractivity contribution in [1.82, 2.24) is 4.90 Å². The van der Waals surface area contributed by atoms with Gasteiger partial charge in [0, 0.05) is 25.7 Å². The van der Waals surface area contributed by atoms with Crippen molar-refractivity contribution in [3.05, 3.63) is 71.8 Å². The normalized spacial score (nSPS) is 14.0. The van der Waals surface area contributed by atoms with Crippen LogP contribution in [0.1, 0.15) is 31.4 Å². The molecule has 2 aromatic rings. The molecule has 0 unspecified atom stereocenters. The Kier molecular flexibility index (Phi) is 8.13. The first-order chi connectivity index (χ1) is 12.0. The number of hydrogen-bond acceptors (Lipinski definition) is 3. The summed E-state index contributed by atoms with van der Waals surface area (Å²) < 4.78 is 0. The Balaban J connectivity index is 1.87. The summed E-state index contributed by atoms with van der Waals surface area (Å²) in [5.74, 6) is 0.552. The smallest absolute Gasteiger partial charge is 0.0817 e. The van der Waals surface area contributed by atoms with Crippen molar-refractivity contribution in [2.24, 2.45) is 11.7 Å². The Morgan fingerprint density at radius 2 is 1.44 bits per heavy atom. The van der Waals surface area contributed by atoms with Crippen LogP contribution in [0.4, 0.5) is 0 Å². The Hall–Kier alpha value is -1.68. The molecule has 0 aliphatic rings. The maximum absolute atomic E-state index is 10.6. The summed E-state index contributed by atoms with van der Waals surface area (Å²) >= 11 is 0. The molecule has 0 aliphatic heterocycles. The summed E-state index contributed by atoms with van der Waals surface area (Å²) in [4.78, 5) is 2.31. The third-order valence-corrected chi connectivity index (χ3v) is 4.42. The van der Waals surface area contributed by atoms with E-state index in [0.717, 1.165) is 25.9 Å². The van der Waals surface area contributed by atoms with Crippen LogP contribution in [-0.4, -0.2) is 35.2 Å². The monoisotopic (exact) mass is 340 g/mol. The summed E-state index contributed by atoms with van der Waals surface area (Å²) in [5.41, 5.74) is 8.80. The van der Waals surface area contributed by atoms with Crippen LogP contribution >= 0.6 is 0 Å². The minimum atomic E-state index is -0.508. The van der Waals surface area contributed by atoms with Crippen LogP contribution in [-0.2, 0) is 13.0 Å². The van der Waals surface area contributed by atoms with Crippen molar-refractivity contribution in [3.63, 3.8) is 0 Å². The van der Waals surface area contributed by atoms with Gasteiger partial charge in [-0.2, -0.15) is 0 Å². The zero-order chi connectivity index (χ0) is 18.1. The lowest BCUT2D eigenvalue weighted by Crippen LogP contribution is -2.44. The predicted octanol–water partition coefficient (Wildman–Crippen LogP) is 3.47. The third-order valence-electron chi connectivity index (χ3n) is 4.42. The van der Waals surface area contributed by atoms with Crippen molar-refractivity contribution < 1.29 is 5.11 Å². The highest BCUT2D eigenvalue weighted by molar-refractivity contribution is 5.15. The van der Waals surface area contributed by atoms with Gasteiger partial charge in [-0.3, -0.25) is 4.90 Å². The molecule has 0 fully saturated rings. The Labute approximate surface area is 152 Å².